The van der Waals surface area contributed by atoms with E-state index in [1.54, 1.807) is 18.7 Å². The van der Waals surface area contributed by atoms with Crippen molar-refractivity contribution >= 4 is 51.7 Å². The average Bonchev–Trinajstić information content (AvgIpc) is 3.34. The lowest BCUT2D eigenvalue weighted by Crippen LogP contribution is -2.63. The van der Waals surface area contributed by atoms with Crippen molar-refractivity contribution in [1.29, 1.82) is 0 Å². The number of urea groups is 1. The van der Waals surface area contributed by atoms with Gasteiger partial charge in [0.05, 0.1) is 12.2 Å². The monoisotopic (exact) mass is 594 g/mol. The number of benzene rings is 1. The molecule has 0 saturated carbocycles. The Balaban J connectivity index is 1.47. The second-order valence-corrected chi connectivity index (χ2v) is 13.4. The summed E-state index contributed by atoms with van der Waals surface area (Å²) in [7, 11) is 4.01. The first-order valence-electron chi connectivity index (χ1n) is 14.2. The van der Waals surface area contributed by atoms with Gasteiger partial charge in [0, 0.05) is 42.8 Å². The smallest absolute Gasteiger partial charge is 0.324 e. The number of dihydropyridines is 1. The van der Waals surface area contributed by atoms with Crippen molar-refractivity contribution in [3.05, 3.63) is 52.4 Å². The number of nitrogens with one attached hydrogen (secondary N) is 3. The number of anilines is 2. The van der Waals surface area contributed by atoms with Gasteiger partial charge in [0.25, 0.3) is 5.91 Å². The maximum absolute atomic E-state index is 13.7. The molecule has 1 aromatic carbocycles. The van der Waals surface area contributed by atoms with E-state index in [4.69, 9.17) is 4.74 Å². The Kier molecular flexibility index (Phi) is 9.54. The van der Waals surface area contributed by atoms with Gasteiger partial charge in [-0.2, -0.15) is 0 Å². The van der Waals surface area contributed by atoms with Crippen molar-refractivity contribution in [2.75, 3.05) is 51.0 Å². The van der Waals surface area contributed by atoms with Gasteiger partial charge in [-0.05, 0) is 62.7 Å². The zero-order chi connectivity index (χ0) is 30.7. The molecule has 2 aromatic rings. The largest absolute Gasteiger partial charge is 0.355 e. The first-order chi connectivity index (χ1) is 19.8. The number of carbonyl (C=O) groups excluding carboxylic acids is 3. The van der Waals surface area contributed by atoms with E-state index in [0.29, 0.717) is 42.4 Å². The fourth-order valence-electron chi connectivity index (χ4n) is 4.63. The molecule has 0 bridgehead atoms. The summed E-state index contributed by atoms with van der Waals surface area (Å²) in [6.07, 6.45) is 4.39. The Labute approximate surface area is 252 Å². The predicted octanol–water partition coefficient (Wildman–Crippen LogP) is 4.80. The van der Waals surface area contributed by atoms with E-state index in [1.165, 1.54) is 11.3 Å². The minimum atomic E-state index is -1.01. The molecule has 42 heavy (non-hydrogen) atoms. The van der Waals surface area contributed by atoms with Gasteiger partial charge < -0.3 is 25.2 Å². The zero-order valence-corrected chi connectivity index (χ0v) is 26.4. The first kappa shape index (κ1) is 31.4. The summed E-state index contributed by atoms with van der Waals surface area (Å²) in [5.74, 6) is -0.488. The zero-order valence-electron chi connectivity index (χ0n) is 25.5. The highest BCUT2D eigenvalue weighted by atomic mass is 32.1. The molecule has 0 radical (unpaired) electrons. The van der Waals surface area contributed by atoms with E-state index in [1.807, 2.05) is 50.6 Å². The van der Waals surface area contributed by atoms with Crippen molar-refractivity contribution in [2.45, 2.75) is 58.2 Å². The maximum atomic E-state index is 13.7. The summed E-state index contributed by atoms with van der Waals surface area (Å²) in [5.41, 5.74) is 1.64. The third kappa shape index (κ3) is 7.45. The van der Waals surface area contributed by atoms with Crippen LogP contribution in [0.4, 0.5) is 15.5 Å². The number of piperazine rings is 1. The molecule has 10 nitrogen and oxygen atoms in total. The van der Waals surface area contributed by atoms with E-state index in [0.717, 1.165) is 22.6 Å². The molecular formula is C31H42N6O4S. The molecule has 1 unspecified atom stereocenters. The molecule has 1 atom stereocenters. The molecule has 4 amide bonds. The quantitative estimate of drug-likeness (QED) is 0.406. The number of amides is 4. The van der Waals surface area contributed by atoms with E-state index >= 15 is 0 Å². The number of rotatable bonds is 8. The van der Waals surface area contributed by atoms with Gasteiger partial charge in [0.15, 0.2) is 6.23 Å². The van der Waals surface area contributed by atoms with Crippen LogP contribution in [-0.2, 0) is 14.9 Å². The molecular weight excluding hydrogens is 552 g/mol. The van der Waals surface area contributed by atoms with E-state index in [9.17, 15) is 14.4 Å². The number of carbonyl (C=O) groups is 3. The van der Waals surface area contributed by atoms with E-state index in [-0.39, 0.29) is 23.5 Å². The van der Waals surface area contributed by atoms with Crippen LogP contribution in [0.5, 0.6) is 0 Å². The number of thiophene rings is 1. The van der Waals surface area contributed by atoms with Crippen LogP contribution in [0.15, 0.2) is 41.4 Å². The Bertz CT molecular complexity index is 1390. The molecule has 1 saturated heterocycles. The van der Waals surface area contributed by atoms with Crippen LogP contribution in [0.3, 0.4) is 0 Å². The minimum absolute atomic E-state index is 0.189. The second-order valence-electron chi connectivity index (χ2n) is 12.3. The second kappa shape index (κ2) is 12.8. The third-order valence-electron chi connectivity index (χ3n) is 7.25. The van der Waals surface area contributed by atoms with Gasteiger partial charge in [0.2, 0.25) is 5.91 Å². The summed E-state index contributed by atoms with van der Waals surface area (Å²) in [4.78, 5) is 48.6. The summed E-state index contributed by atoms with van der Waals surface area (Å²) in [6, 6.07) is 8.92. The Morgan fingerprint density at radius 3 is 2.64 bits per heavy atom. The lowest BCUT2D eigenvalue weighted by molar-refractivity contribution is -0.133. The number of likely N-dealkylation sites (N-methyl/N-ethyl adjacent to an activating group) is 1. The number of allylic oxidation sites excluding steroid dienone is 1. The summed E-state index contributed by atoms with van der Waals surface area (Å²) in [6.45, 7) is 11.9. The SMILES string of the molecule is CN(C)CCOC1CC=C(c2cccc(NC(=O)Nc3sc(C(C)(C)C)cc3C(=O)N3CCNC(=O)C3(C)C)c2)C=N1. The fourth-order valence-corrected chi connectivity index (χ4v) is 5.74. The molecule has 1 aromatic heterocycles. The average molecular weight is 595 g/mol. The van der Waals surface area contributed by atoms with Crippen molar-refractivity contribution in [3.8, 4) is 0 Å². The molecule has 226 valence electrons. The summed E-state index contributed by atoms with van der Waals surface area (Å²) in [5, 5.41) is 9.07. The number of aliphatic imine (C=N–C) groups is 1. The molecule has 11 heteroatoms. The van der Waals surface area contributed by atoms with Crippen LogP contribution in [-0.4, -0.2) is 86.0 Å². The molecule has 2 aliphatic rings. The number of ether oxygens (including phenoxy) is 1. The topological polar surface area (TPSA) is 115 Å². The van der Waals surface area contributed by atoms with Gasteiger partial charge in [0.1, 0.15) is 10.5 Å². The highest BCUT2D eigenvalue weighted by molar-refractivity contribution is 7.16. The van der Waals surface area contributed by atoms with Gasteiger partial charge in [-0.25, -0.2) is 4.79 Å². The predicted molar refractivity (Wildman–Crippen MR) is 170 cm³/mol. The number of nitrogens with zero attached hydrogens (tertiary/aromatic N) is 3. The highest BCUT2D eigenvalue weighted by Gasteiger charge is 2.42. The lowest BCUT2D eigenvalue weighted by Gasteiger charge is -2.41. The maximum Gasteiger partial charge on any atom is 0.324 e. The summed E-state index contributed by atoms with van der Waals surface area (Å²) < 4.78 is 5.82. The van der Waals surface area contributed by atoms with Crippen LogP contribution < -0.4 is 16.0 Å². The number of hydrogen-bond acceptors (Lipinski definition) is 7. The van der Waals surface area contributed by atoms with Gasteiger partial charge >= 0.3 is 6.03 Å². The van der Waals surface area contributed by atoms with Crippen molar-refractivity contribution in [1.82, 2.24) is 15.1 Å². The molecule has 4 rings (SSSR count). The first-order valence-corrected chi connectivity index (χ1v) is 15.0. The van der Waals surface area contributed by atoms with Gasteiger partial charge in [-0.3, -0.25) is 19.9 Å². The van der Waals surface area contributed by atoms with Gasteiger partial charge in [-0.15, -0.1) is 11.3 Å². The van der Waals surface area contributed by atoms with E-state index in [2.05, 4.69) is 52.7 Å². The van der Waals surface area contributed by atoms with Gasteiger partial charge in [-0.1, -0.05) is 39.0 Å². The molecule has 3 N–H and O–H groups in total. The standard InChI is InChI=1S/C31H42N6O4S/c1-30(2,3)24-18-23(27(38)37-14-13-32-28(39)31(37,4)5)26(42-24)35-29(40)34-22-10-8-9-20(17-22)21-11-12-25(33-19-21)41-16-15-36(6)7/h8-11,17-19,25H,12-16H2,1-7H3,(H,32,39)(H2,34,35,40). The fraction of sp³-hybridized carbons (Fsp3) is 0.484. The molecule has 0 spiro atoms. The highest BCUT2D eigenvalue weighted by Crippen LogP contribution is 2.38. The summed E-state index contributed by atoms with van der Waals surface area (Å²) >= 11 is 1.37. The Morgan fingerprint density at radius 1 is 1.21 bits per heavy atom. The van der Waals surface area contributed by atoms with Crippen LogP contribution >= 0.6 is 11.3 Å². The van der Waals surface area contributed by atoms with Crippen LogP contribution in [0.1, 0.15) is 61.8 Å². The normalized spacial score (nSPS) is 18.5. The van der Waals surface area contributed by atoms with Crippen molar-refractivity contribution in [2.24, 2.45) is 4.99 Å². The Morgan fingerprint density at radius 2 is 1.98 bits per heavy atom. The number of hydrogen-bond donors (Lipinski definition) is 3. The Hall–Kier alpha value is -3.54. The minimum Gasteiger partial charge on any atom is -0.355 e. The van der Waals surface area contributed by atoms with Crippen molar-refractivity contribution < 1.29 is 19.1 Å². The molecule has 2 aliphatic heterocycles. The van der Waals surface area contributed by atoms with Crippen LogP contribution in [0.2, 0.25) is 0 Å². The molecule has 1 fully saturated rings. The van der Waals surface area contributed by atoms with Crippen LogP contribution in [0, 0.1) is 0 Å². The lowest BCUT2D eigenvalue weighted by atomic mass is 9.93. The molecule has 0 aliphatic carbocycles. The third-order valence-corrected chi connectivity index (χ3v) is 8.72. The van der Waals surface area contributed by atoms with E-state index < -0.39 is 11.6 Å². The molecule has 3 heterocycles. The van der Waals surface area contributed by atoms with Crippen LogP contribution in [0.25, 0.3) is 5.57 Å². The van der Waals surface area contributed by atoms with Crippen molar-refractivity contribution in [3.63, 3.8) is 0 Å².